The van der Waals surface area contributed by atoms with Gasteiger partial charge < -0.3 is 4.74 Å². The molecule has 0 heterocycles. The molecule has 0 aromatic carbocycles. The zero-order valence-corrected chi connectivity index (χ0v) is 14.9. The molecule has 0 fully saturated rings. The Morgan fingerprint density at radius 3 is 2.42 bits per heavy atom. The summed E-state index contributed by atoms with van der Waals surface area (Å²) in [4.78, 5) is 36.6. The van der Waals surface area contributed by atoms with E-state index < -0.39 is 10.8 Å². The Balaban J connectivity index is 2.17. The molecule has 0 saturated carbocycles. The Morgan fingerprint density at radius 2 is 1.79 bits per heavy atom. The first-order valence-corrected chi connectivity index (χ1v) is 8.43. The third kappa shape index (κ3) is 2.23. The minimum Gasteiger partial charge on any atom is -0.457 e. The normalized spacial score (nSPS) is 34.5. The third-order valence-electron chi connectivity index (χ3n) is 6.07. The van der Waals surface area contributed by atoms with E-state index in [4.69, 9.17) is 4.74 Å². The van der Waals surface area contributed by atoms with E-state index in [1.807, 2.05) is 20.8 Å². The highest BCUT2D eigenvalue weighted by molar-refractivity contribution is 6.21. The van der Waals surface area contributed by atoms with Gasteiger partial charge in [-0.25, -0.2) is 0 Å². The summed E-state index contributed by atoms with van der Waals surface area (Å²) in [6.07, 6.45) is 5.78. The molecule has 0 saturated heterocycles. The zero-order chi connectivity index (χ0) is 17.9. The van der Waals surface area contributed by atoms with Crippen molar-refractivity contribution in [2.45, 2.75) is 53.6 Å². The van der Waals surface area contributed by atoms with Crippen molar-refractivity contribution in [3.8, 4) is 0 Å². The fraction of sp³-hybridized carbons (Fsp3) is 0.550. The first-order valence-electron chi connectivity index (χ1n) is 8.43. The first-order chi connectivity index (χ1) is 11.1. The molecule has 0 aromatic heterocycles. The quantitative estimate of drug-likeness (QED) is 0.421. The second-order valence-electron chi connectivity index (χ2n) is 8.05. The van der Waals surface area contributed by atoms with Crippen LogP contribution in [0.4, 0.5) is 0 Å². The van der Waals surface area contributed by atoms with Crippen LogP contribution in [-0.4, -0.2) is 23.6 Å². The summed E-state index contributed by atoms with van der Waals surface area (Å²) in [5, 5.41) is 0. The Morgan fingerprint density at radius 1 is 1.17 bits per heavy atom. The molecular formula is C20H24O4. The smallest absolute Gasteiger partial charge is 0.303 e. The van der Waals surface area contributed by atoms with Crippen LogP contribution in [0.3, 0.4) is 0 Å². The average Bonchev–Trinajstić information content (AvgIpc) is 2.46. The number of rotatable bonds is 1. The van der Waals surface area contributed by atoms with Crippen molar-refractivity contribution in [1.82, 2.24) is 0 Å². The van der Waals surface area contributed by atoms with Crippen LogP contribution in [0.1, 0.15) is 47.5 Å². The Hall–Kier alpha value is -1.97. The second-order valence-corrected chi connectivity index (χ2v) is 8.05. The number of allylic oxidation sites excluding steroid dienone is 5. The highest BCUT2D eigenvalue weighted by Gasteiger charge is 2.58. The van der Waals surface area contributed by atoms with Gasteiger partial charge in [-0.2, -0.15) is 0 Å². The number of ether oxygens (including phenoxy) is 1. The van der Waals surface area contributed by atoms with E-state index in [1.165, 1.54) is 19.1 Å². The molecule has 0 spiro atoms. The van der Waals surface area contributed by atoms with E-state index in [1.54, 1.807) is 0 Å². The van der Waals surface area contributed by atoms with Gasteiger partial charge in [0, 0.05) is 23.5 Å². The van der Waals surface area contributed by atoms with Crippen LogP contribution in [0.2, 0.25) is 0 Å². The molecule has 24 heavy (non-hydrogen) atoms. The highest BCUT2D eigenvalue weighted by atomic mass is 16.5. The van der Waals surface area contributed by atoms with Gasteiger partial charge in [0.1, 0.15) is 6.10 Å². The van der Waals surface area contributed by atoms with Crippen LogP contribution < -0.4 is 0 Å². The maximum absolute atomic E-state index is 12.5. The molecule has 0 bridgehead atoms. The molecule has 128 valence electrons. The predicted octanol–water partition coefficient (Wildman–Crippen LogP) is 3.33. The van der Waals surface area contributed by atoms with Gasteiger partial charge in [0.05, 0.1) is 0 Å². The van der Waals surface area contributed by atoms with E-state index in [0.29, 0.717) is 17.6 Å². The molecule has 3 atom stereocenters. The molecule has 0 N–H and O–H groups in total. The van der Waals surface area contributed by atoms with Crippen LogP contribution in [-0.2, 0) is 19.1 Å². The van der Waals surface area contributed by atoms with Gasteiger partial charge in [-0.15, -0.1) is 0 Å². The van der Waals surface area contributed by atoms with Gasteiger partial charge in [0.2, 0.25) is 0 Å². The lowest BCUT2D eigenvalue weighted by Crippen LogP contribution is -2.54. The number of carbonyl (C=O) groups is 3. The molecule has 4 nitrogen and oxygen atoms in total. The van der Waals surface area contributed by atoms with Crippen molar-refractivity contribution in [1.29, 1.82) is 0 Å². The van der Waals surface area contributed by atoms with Crippen LogP contribution in [0.5, 0.6) is 0 Å². The molecule has 0 aromatic rings. The molecule has 3 aliphatic carbocycles. The standard InChI is InChI=1S/C20H24O4/c1-11-6-9-16-19(3,4)17-13(14(22)7-8-15(17)23)10-20(16,5)18(11)24-12(2)21/h6-8,16,18H,9-10H2,1-5H3. The van der Waals surface area contributed by atoms with Crippen molar-refractivity contribution < 1.29 is 19.1 Å². The Labute approximate surface area is 142 Å². The number of hydrogen-bond donors (Lipinski definition) is 0. The maximum Gasteiger partial charge on any atom is 0.303 e. The molecule has 3 unspecified atom stereocenters. The van der Waals surface area contributed by atoms with Crippen molar-refractivity contribution in [3.05, 3.63) is 34.9 Å². The zero-order valence-electron chi connectivity index (χ0n) is 14.9. The molecule has 4 heteroatoms. The lowest BCUT2D eigenvalue weighted by atomic mass is 9.48. The topological polar surface area (TPSA) is 60.4 Å². The fourth-order valence-corrected chi connectivity index (χ4v) is 5.16. The summed E-state index contributed by atoms with van der Waals surface area (Å²) < 4.78 is 5.67. The van der Waals surface area contributed by atoms with Crippen molar-refractivity contribution >= 4 is 17.5 Å². The molecular weight excluding hydrogens is 304 g/mol. The summed E-state index contributed by atoms with van der Waals surface area (Å²) in [5.41, 5.74) is 1.42. The SMILES string of the molecule is CC(=O)OC1C(C)=CCC2C(C)(C)C3=C(CC12C)C(=O)C=CC3=O. The number of hydrogen-bond acceptors (Lipinski definition) is 4. The molecule has 3 rings (SSSR count). The number of ketones is 2. The monoisotopic (exact) mass is 328 g/mol. The van der Waals surface area contributed by atoms with E-state index in [9.17, 15) is 14.4 Å². The first kappa shape index (κ1) is 16.9. The van der Waals surface area contributed by atoms with Gasteiger partial charge in [-0.3, -0.25) is 14.4 Å². The molecule has 0 amide bonds. The van der Waals surface area contributed by atoms with Crippen LogP contribution in [0.15, 0.2) is 34.9 Å². The number of esters is 1. The lowest BCUT2D eigenvalue weighted by Gasteiger charge is -2.56. The van der Waals surface area contributed by atoms with Crippen LogP contribution in [0.25, 0.3) is 0 Å². The van der Waals surface area contributed by atoms with Gasteiger partial charge in [-0.1, -0.05) is 26.8 Å². The minimum absolute atomic E-state index is 0.0630. The fourth-order valence-electron chi connectivity index (χ4n) is 5.16. The van der Waals surface area contributed by atoms with E-state index >= 15 is 0 Å². The molecule has 3 aliphatic rings. The predicted molar refractivity (Wildman–Crippen MR) is 90.1 cm³/mol. The largest absolute Gasteiger partial charge is 0.457 e. The second kappa shape index (κ2) is 5.27. The third-order valence-corrected chi connectivity index (χ3v) is 6.07. The summed E-state index contributed by atoms with van der Waals surface area (Å²) in [5.74, 6) is -0.351. The van der Waals surface area contributed by atoms with Crippen molar-refractivity contribution in [2.75, 3.05) is 0 Å². The maximum atomic E-state index is 12.5. The molecule has 0 radical (unpaired) electrons. The summed E-state index contributed by atoms with van der Waals surface area (Å²) in [7, 11) is 0. The van der Waals surface area contributed by atoms with E-state index in [-0.39, 0.29) is 29.6 Å². The van der Waals surface area contributed by atoms with Crippen LogP contribution >= 0.6 is 0 Å². The number of carbonyl (C=O) groups excluding carboxylic acids is 3. The van der Waals surface area contributed by atoms with Gasteiger partial charge in [0.25, 0.3) is 0 Å². The van der Waals surface area contributed by atoms with Gasteiger partial charge >= 0.3 is 5.97 Å². The minimum atomic E-state index is -0.449. The highest BCUT2D eigenvalue weighted by Crippen LogP contribution is 2.60. The summed E-state index contributed by atoms with van der Waals surface area (Å²) in [6, 6.07) is 0. The van der Waals surface area contributed by atoms with Crippen LogP contribution in [0, 0.1) is 16.7 Å². The summed E-state index contributed by atoms with van der Waals surface area (Å²) >= 11 is 0. The Kier molecular flexibility index (Phi) is 3.70. The van der Waals surface area contributed by atoms with Crippen molar-refractivity contribution in [2.24, 2.45) is 16.7 Å². The average molecular weight is 328 g/mol. The lowest BCUT2D eigenvalue weighted by molar-refractivity contribution is -0.157. The van der Waals surface area contributed by atoms with Crippen molar-refractivity contribution in [3.63, 3.8) is 0 Å². The Bertz CT molecular complexity index is 735. The van der Waals surface area contributed by atoms with Gasteiger partial charge in [-0.05, 0) is 48.8 Å². The summed E-state index contributed by atoms with van der Waals surface area (Å²) in [6.45, 7) is 9.54. The number of fused-ring (bicyclic) bond motifs is 1. The molecule has 0 aliphatic heterocycles. The van der Waals surface area contributed by atoms with E-state index in [2.05, 4.69) is 13.0 Å². The van der Waals surface area contributed by atoms with E-state index in [0.717, 1.165) is 12.0 Å². The van der Waals surface area contributed by atoms with Gasteiger partial charge in [0.15, 0.2) is 11.6 Å².